The average Bonchev–Trinajstić information content (AvgIpc) is 3.17. The molecule has 0 aliphatic carbocycles. The van der Waals surface area contributed by atoms with E-state index in [1.807, 2.05) is 11.8 Å². The molecule has 21 heavy (non-hydrogen) atoms. The molecule has 5 heteroatoms. The number of carbonyl (C=O) groups is 1. The highest BCUT2D eigenvalue weighted by molar-refractivity contribution is 8.00. The minimum Gasteiger partial charge on any atom is -0.320 e. The van der Waals surface area contributed by atoms with Crippen LogP contribution in [0.3, 0.4) is 0 Å². The van der Waals surface area contributed by atoms with Gasteiger partial charge in [0, 0.05) is 21.5 Å². The summed E-state index contributed by atoms with van der Waals surface area (Å²) >= 11 is 3.84. The first kappa shape index (κ1) is 15.4. The van der Waals surface area contributed by atoms with Crippen molar-refractivity contribution >= 4 is 29.0 Å². The summed E-state index contributed by atoms with van der Waals surface area (Å²) in [6.07, 6.45) is 4.63. The van der Waals surface area contributed by atoms with Crippen LogP contribution >= 0.6 is 23.1 Å². The van der Waals surface area contributed by atoms with Gasteiger partial charge in [0.05, 0.1) is 6.04 Å². The van der Waals surface area contributed by atoms with E-state index in [0.717, 1.165) is 19.4 Å². The van der Waals surface area contributed by atoms with Crippen LogP contribution in [-0.4, -0.2) is 34.4 Å². The maximum Gasteiger partial charge on any atom is 0.241 e. The molecule has 3 heterocycles. The van der Waals surface area contributed by atoms with E-state index in [1.54, 1.807) is 11.3 Å². The van der Waals surface area contributed by atoms with Crippen molar-refractivity contribution in [3.63, 3.8) is 0 Å². The second-order valence-electron chi connectivity index (χ2n) is 5.98. The van der Waals surface area contributed by atoms with Crippen LogP contribution in [0.5, 0.6) is 0 Å². The molecular formula is C16H24N2OS2. The molecule has 0 saturated carbocycles. The van der Waals surface area contributed by atoms with E-state index in [-0.39, 0.29) is 12.2 Å². The fourth-order valence-electron chi connectivity index (χ4n) is 3.21. The van der Waals surface area contributed by atoms with Crippen molar-refractivity contribution in [3.8, 4) is 0 Å². The maximum atomic E-state index is 12.7. The molecule has 0 aromatic carbocycles. The van der Waals surface area contributed by atoms with Gasteiger partial charge >= 0.3 is 0 Å². The lowest BCUT2D eigenvalue weighted by molar-refractivity contribution is -0.130. The molecule has 1 N–H and O–H groups in total. The highest BCUT2D eigenvalue weighted by Crippen LogP contribution is 2.35. The zero-order valence-corrected chi connectivity index (χ0v) is 14.4. The first-order valence-electron chi connectivity index (χ1n) is 7.93. The molecule has 116 valence electrons. The van der Waals surface area contributed by atoms with Crippen LogP contribution in [0.4, 0.5) is 0 Å². The quantitative estimate of drug-likeness (QED) is 0.899. The number of amides is 1. The smallest absolute Gasteiger partial charge is 0.241 e. The summed E-state index contributed by atoms with van der Waals surface area (Å²) in [7, 11) is 0. The van der Waals surface area contributed by atoms with Crippen LogP contribution in [0.2, 0.25) is 0 Å². The number of nitrogens with one attached hydrogen (secondary N) is 1. The summed E-state index contributed by atoms with van der Waals surface area (Å²) in [6.45, 7) is 5.18. The van der Waals surface area contributed by atoms with E-state index in [9.17, 15) is 4.79 Å². The lowest BCUT2D eigenvalue weighted by Crippen LogP contribution is -2.35. The van der Waals surface area contributed by atoms with Crippen LogP contribution < -0.4 is 5.32 Å². The molecule has 0 radical (unpaired) electrons. The number of hydrogen-bond donors (Lipinski definition) is 1. The lowest BCUT2D eigenvalue weighted by Gasteiger charge is -2.26. The van der Waals surface area contributed by atoms with Crippen molar-refractivity contribution in [1.82, 2.24) is 10.2 Å². The van der Waals surface area contributed by atoms with Gasteiger partial charge in [-0.1, -0.05) is 13.3 Å². The van der Waals surface area contributed by atoms with E-state index >= 15 is 0 Å². The predicted molar refractivity (Wildman–Crippen MR) is 90.8 cm³/mol. The van der Waals surface area contributed by atoms with Gasteiger partial charge in [0.1, 0.15) is 6.17 Å². The summed E-state index contributed by atoms with van der Waals surface area (Å²) in [5.41, 5.74) is 0. The van der Waals surface area contributed by atoms with Gasteiger partial charge in [0.25, 0.3) is 0 Å². The minimum atomic E-state index is 0.00816. The van der Waals surface area contributed by atoms with Gasteiger partial charge in [-0.3, -0.25) is 10.1 Å². The fraction of sp³-hybridized carbons (Fsp3) is 0.688. The normalized spacial score (nSPS) is 29.5. The molecule has 3 nitrogen and oxygen atoms in total. The van der Waals surface area contributed by atoms with E-state index in [1.165, 1.54) is 28.3 Å². The highest BCUT2D eigenvalue weighted by atomic mass is 32.2. The number of rotatable bonds is 5. The highest BCUT2D eigenvalue weighted by Gasteiger charge is 2.40. The number of hydrogen-bond acceptors (Lipinski definition) is 4. The first-order chi connectivity index (χ1) is 10.2. The van der Waals surface area contributed by atoms with Crippen LogP contribution in [0, 0.1) is 6.92 Å². The van der Waals surface area contributed by atoms with Gasteiger partial charge in [-0.25, -0.2) is 0 Å². The van der Waals surface area contributed by atoms with Crippen LogP contribution in [0.15, 0.2) is 12.1 Å². The van der Waals surface area contributed by atoms with Crippen LogP contribution in [0.25, 0.3) is 0 Å². The van der Waals surface area contributed by atoms with Gasteiger partial charge in [-0.2, -0.15) is 11.8 Å². The molecule has 0 bridgehead atoms. The Bertz CT molecular complexity index is 496. The molecule has 2 saturated heterocycles. The predicted octanol–water partition coefficient (Wildman–Crippen LogP) is 3.55. The molecule has 2 fully saturated rings. The van der Waals surface area contributed by atoms with E-state index in [0.29, 0.717) is 11.2 Å². The average molecular weight is 325 g/mol. The first-order valence-corrected chi connectivity index (χ1v) is 9.80. The number of thioether (sulfide) groups is 1. The topological polar surface area (TPSA) is 32.3 Å². The molecule has 1 aromatic rings. The van der Waals surface area contributed by atoms with Gasteiger partial charge < -0.3 is 4.90 Å². The van der Waals surface area contributed by atoms with Crippen molar-refractivity contribution in [3.05, 3.63) is 21.9 Å². The lowest BCUT2D eigenvalue weighted by atomic mass is 10.1. The van der Waals surface area contributed by atoms with Crippen LogP contribution in [-0.2, 0) is 4.79 Å². The van der Waals surface area contributed by atoms with Gasteiger partial charge in [0.2, 0.25) is 5.91 Å². The molecular weight excluding hydrogens is 300 g/mol. The van der Waals surface area contributed by atoms with Crippen molar-refractivity contribution in [2.24, 2.45) is 0 Å². The van der Waals surface area contributed by atoms with Crippen LogP contribution in [0.1, 0.15) is 48.5 Å². The Morgan fingerprint density at radius 3 is 2.90 bits per heavy atom. The number of thiophene rings is 1. The summed E-state index contributed by atoms with van der Waals surface area (Å²) in [4.78, 5) is 17.4. The van der Waals surface area contributed by atoms with Crippen molar-refractivity contribution < 1.29 is 4.79 Å². The fourth-order valence-corrected chi connectivity index (χ4v) is 5.43. The monoisotopic (exact) mass is 324 g/mol. The van der Waals surface area contributed by atoms with E-state index < -0.39 is 0 Å². The molecule has 0 spiro atoms. The summed E-state index contributed by atoms with van der Waals surface area (Å²) in [5, 5.41) is 4.20. The Labute approximate surface area is 135 Å². The van der Waals surface area contributed by atoms with E-state index in [2.05, 4.69) is 36.2 Å². The molecule has 3 rings (SSSR count). The number of nitrogens with zero attached hydrogens (tertiary/aromatic N) is 1. The Kier molecular flexibility index (Phi) is 4.92. The molecule has 2 aliphatic rings. The third-order valence-electron chi connectivity index (χ3n) is 4.28. The Hall–Kier alpha value is -0.520. The zero-order valence-electron chi connectivity index (χ0n) is 12.8. The molecule has 1 aromatic heterocycles. The Morgan fingerprint density at radius 1 is 1.43 bits per heavy atom. The minimum absolute atomic E-state index is 0.00816. The summed E-state index contributed by atoms with van der Waals surface area (Å²) in [6, 6.07) is 4.34. The summed E-state index contributed by atoms with van der Waals surface area (Å²) < 4.78 is 0. The zero-order chi connectivity index (χ0) is 14.8. The SMILES string of the molecule is CCCC1NC(c2ccc(C)s2)N(CC2CCCS2)C1=O. The second-order valence-corrected chi connectivity index (χ2v) is 8.71. The number of aryl methyl sites for hydroxylation is 1. The largest absolute Gasteiger partial charge is 0.320 e. The summed E-state index contributed by atoms with van der Waals surface area (Å²) in [5.74, 6) is 1.56. The molecule has 3 unspecified atom stereocenters. The van der Waals surface area contributed by atoms with Crippen molar-refractivity contribution in [2.45, 2.75) is 57.0 Å². The van der Waals surface area contributed by atoms with Gasteiger partial charge in [0.15, 0.2) is 0 Å². The third kappa shape index (κ3) is 3.30. The van der Waals surface area contributed by atoms with E-state index in [4.69, 9.17) is 0 Å². The van der Waals surface area contributed by atoms with Gasteiger partial charge in [-0.05, 0) is 44.1 Å². The third-order valence-corrected chi connectivity index (χ3v) is 6.72. The maximum absolute atomic E-state index is 12.7. The number of carbonyl (C=O) groups excluding carboxylic acids is 1. The van der Waals surface area contributed by atoms with Crippen molar-refractivity contribution in [1.29, 1.82) is 0 Å². The Morgan fingerprint density at radius 2 is 2.29 bits per heavy atom. The molecule has 1 amide bonds. The second kappa shape index (κ2) is 6.71. The van der Waals surface area contributed by atoms with Crippen molar-refractivity contribution in [2.75, 3.05) is 12.3 Å². The Balaban J connectivity index is 1.78. The molecule has 3 atom stereocenters. The standard InChI is InChI=1S/C16H24N2OS2/c1-3-5-13-16(19)18(10-12-6-4-9-20-12)15(17-13)14-8-7-11(2)21-14/h7-8,12-13,15,17H,3-6,9-10H2,1-2H3. The molecule has 2 aliphatic heterocycles. The van der Waals surface area contributed by atoms with Gasteiger partial charge in [-0.15, -0.1) is 11.3 Å².